The minimum atomic E-state index is -0.239. The standard InChI is InChI=1S/C18H15N5O2S/c24-14-2-1-6-19-13(14)4-8-21-18(25)12-3-7-20-17-15(12)22-16(23-17)11-5-9-26-10-11/h1,3,5-7,9-10H,2,4,8H2,(H,21,25)(H,20,22,23). The topological polar surface area (TPSA) is 100 Å². The van der Waals surface area contributed by atoms with E-state index in [1.807, 2.05) is 16.8 Å². The first-order chi connectivity index (χ1) is 12.7. The molecular formula is C18H15N5O2S. The van der Waals surface area contributed by atoms with E-state index >= 15 is 0 Å². The van der Waals surface area contributed by atoms with E-state index in [2.05, 4.69) is 25.3 Å². The van der Waals surface area contributed by atoms with Crippen LogP contribution in [0.1, 0.15) is 23.2 Å². The van der Waals surface area contributed by atoms with Crippen LogP contribution in [0, 0.1) is 0 Å². The fourth-order valence-corrected chi connectivity index (χ4v) is 3.36. The maximum absolute atomic E-state index is 12.6. The summed E-state index contributed by atoms with van der Waals surface area (Å²) in [6.07, 6.45) is 5.70. The summed E-state index contributed by atoms with van der Waals surface area (Å²) in [4.78, 5) is 40.2. The van der Waals surface area contributed by atoms with Crippen molar-refractivity contribution in [2.75, 3.05) is 6.54 Å². The summed E-state index contributed by atoms with van der Waals surface area (Å²) in [6, 6.07) is 3.61. The molecule has 2 N–H and O–H groups in total. The Balaban J connectivity index is 1.50. The lowest BCUT2D eigenvalue weighted by Crippen LogP contribution is -2.28. The Bertz CT molecular complexity index is 1030. The molecule has 0 fully saturated rings. The van der Waals surface area contributed by atoms with Gasteiger partial charge in [-0.05, 0) is 17.5 Å². The molecule has 0 aliphatic carbocycles. The summed E-state index contributed by atoms with van der Waals surface area (Å²) in [5.41, 5.74) is 3.02. The van der Waals surface area contributed by atoms with E-state index in [9.17, 15) is 9.59 Å². The van der Waals surface area contributed by atoms with Crippen molar-refractivity contribution >= 4 is 39.9 Å². The number of amides is 1. The highest BCUT2D eigenvalue weighted by atomic mass is 32.1. The van der Waals surface area contributed by atoms with Crippen molar-refractivity contribution in [3.8, 4) is 11.4 Å². The number of aliphatic imine (C=N–C) groups is 1. The van der Waals surface area contributed by atoms with Gasteiger partial charge in [0.1, 0.15) is 5.82 Å². The second kappa shape index (κ2) is 7.01. The van der Waals surface area contributed by atoms with Gasteiger partial charge in [-0.15, -0.1) is 0 Å². The quantitative estimate of drug-likeness (QED) is 0.726. The molecule has 7 nitrogen and oxygen atoms in total. The maximum Gasteiger partial charge on any atom is 0.253 e. The third-order valence-electron chi connectivity index (χ3n) is 4.04. The van der Waals surface area contributed by atoms with E-state index in [4.69, 9.17) is 0 Å². The molecule has 0 bridgehead atoms. The van der Waals surface area contributed by atoms with E-state index in [1.54, 1.807) is 35.9 Å². The number of H-pyrrole nitrogens is 1. The number of Topliss-reactive ketones (excluding diaryl/α,β-unsaturated/α-hetero) is 1. The van der Waals surface area contributed by atoms with Crippen molar-refractivity contribution in [1.29, 1.82) is 0 Å². The van der Waals surface area contributed by atoms with E-state index in [0.29, 0.717) is 47.6 Å². The van der Waals surface area contributed by atoms with Crippen LogP contribution >= 0.6 is 11.3 Å². The van der Waals surface area contributed by atoms with Crippen molar-refractivity contribution in [2.45, 2.75) is 12.8 Å². The van der Waals surface area contributed by atoms with Gasteiger partial charge in [-0.1, -0.05) is 6.08 Å². The van der Waals surface area contributed by atoms with Gasteiger partial charge < -0.3 is 10.3 Å². The molecule has 26 heavy (non-hydrogen) atoms. The van der Waals surface area contributed by atoms with Crippen LogP contribution in [0.15, 0.2) is 46.4 Å². The van der Waals surface area contributed by atoms with Crippen LogP contribution in [-0.4, -0.2) is 38.9 Å². The van der Waals surface area contributed by atoms with Gasteiger partial charge in [0.15, 0.2) is 11.4 Å². The highest BCUT2D eigenvalue weighted by Gasteiger charge is 2.16. The summed E-state index contributed by atoms with van der Waals surface area (Å²) in [6.45, 7) is 0.340. The third kappa shape index (κ3) is 3.18. The molecule has 0 saturated carbocycles. The first-order valence-electron chi connectivity index (χ1n) is 8.13. The second-order valence-electron chi connectivity index (χ2n) is 5.75. The molecule has 8 heteroatoms. The van der Waals surface area contributed by atoms with Gasteiger partial charge in [0.05, 0.1) is 16.8 Å². The summed E-state index contributed by atoms with van der Waals surface area (Å²) in [7, 11) is 0. The van der Waals surface area contributed by atoms with Gasteiger partial charge in [0.25, 0.3) is 5.91 Å². The molecule has 130 valence electrons. The molecule has 1 amide bonds. The molecule has 1 aliphatic heterocycles. The van der Waals surface area contributed by atoms with Crippen LogP contribution in [0.25, 0.3) is 22.6 Å². The third-order valence-corrected chi connectivity index (χ3v) is 4.72. The molecule has 0 saturated heterocycles. The highest BCUT2D eigenvalue weighted by Crippen LogP contribution is 2.23. The number of nitrogens with zero attached hydrogens (tertiary/aromatic N) is 3. The van der Waals surface area contributed by atoms with E-state index in [-0.39, 0.29) is 11.7 Å². The number of allylic oxidation sites excluding steroid dienone is 1. The first kappa shape index (κ1) is 16.3. The van der Waals surface area contributed by atoms with Crippen LogP contribution in [0.2, 0.25) is 0 Å². The largest absolute Gasteiger partial charge is 0.352 e. The number of imidazole rings is 1. The zero-order valence-electron chi connectivity index (χ0n) is 13.7. The van der Waals surface area contributed by atoms with Crippen LogP contribution in [0.3, 0.4) is 0 Å². The number of carbonyl (C=O) groups is 2. The smallest absolute Gasteiger partial charge is 0.253 e. The Morgan fingerprint density at radius 3 is 3.08 bits per heavy atom. The van der Waals surface area contributed by atoms with E-state index in [1.165, 1.54) is 0 Å². The SMILES string of the molecule is O=C1CC=CN=C1CCNC(=O)c1ccnc2nc(-c3ccsc3)[nH]c12. The molecule has 3 aromatic rings. The fraction of sp³-hybridized carbons (Fsp3) is 0.167. The average Bonchev–Trinajstić information content (AvgIpc) is 3.32. The Kier molecular flexibility index (Phi) is 4.40. The Morgan fingerprint density at radius 2 is 2.27 bits per heavy atom. The molecule has 0 atom stereocenters. The van der Waals surface area contributed by atoms with Crippen LogP contribution in [0.5, 0.6) is 0 Å². The van der Waals surface area contributed by atoms with Gasteiger partial charge in [0.2, 0.25) is 0 Å². The predicted molar refractivity (Wildman–Crippen MR) is 100 cm³/mol. The van der Waals surface area contributed by atoms with Crippen molar-refractivity contribution in [3.05, 3.63) is 46.9 Å². The summed E-state index contributed by atoms with van der Waals surface area (Å²) in [5, 5.41) is 6.78. The van der Waals surface area contributed by atoms with Crippen molar-refractivity contribution < 1.29 is 9.59 Å². The summed E-state index contributed by atoms with van der Waals surface area (Å²) >= 11 is 1.58. The second-order valence-corrected chi connectivity index (χ2v) is 6.53. The van der Waals surface area contributed by atoms with Gasteiger partial charge in [-0.25, -0.2) is 9.97 Å². The van der Waals surface area contributed by atoms with Crippen molar-refractivity contribution in [2.24, 2.45) is 4.99 Å². The molecule has 4 heterocycles. The number of aromatic nitrogens is 3. The number of thiophene rings is 1. The number of aromatic amines is 1. The van der Waals surface area contributed by atoms with Gasteiger partial charge in [-0.2, -0.15) is 11.3 Å². The molecule has 0 unspecified atom stereocenters. The normalized spacial score (nSPS) is 13.8. The minimum absolute atomic E-state index is 0.00187. The minimum Gasteiger partial charge on any atom is -0.352 e. The Labute approximate surface area is 152 Å². The Morgan fingerprint density at radius 1 is 1.35 bits per heavy atom. The zero-order chi connectivity index (χ0) is 17.9. The lowest BCUT2D eigenvalue weighted by atomic mass is 10.1. The number of ketones is 1. The molecule has 0 radical (unpaired) electrons. The molecule has 0 aromatic carbocycles. The summed E-state index contributed by atoms with van der Waals surface area (Å²) < 4.78 is 0. The van der Waals surface area contributed by atoms with Gasteiger partial charge in [-0.3, -0.25) is 14.6 Å². The van der Waals surface area contributed by atoms with Crippen LogP contribution < -0.4 is 5.32 Å². The molecular weight excluding hydrogens is 350 g/mol. The lowest BCUT2D eigenvalue weighted by Gasteiger charge is -2.08. The summed E-state index contributed by atoms with van der Waals surface area (Å²) in [5.74, 6) is 0.447. The Hall–Kier alpha value is -3.13. The number of hydrogen-bond acceptors (Lipinski definition) is 6. The lowest BCUT2D eigenvalue weighted by molar-refractivity contribution is -0.112. The van der Waals surface area contributed by atoms with Gasteiger partial charge >= 0.3 is 0 Å². The van der Waals surface area contributed by atoms with Crippen LogP contribution in [-0.2, 0) is 4.79 Å². The van der Waals surface area contributed by atoms with Crippen LogP contribution in [0.4, 0.5) is 0 Å². The predicted octanol–water partition coefficient (Wildman–Crippen LogP) is 2.73. The maximum atomic E-state index is 12.6. The monoisotopic (exact) mass is 365 g/mol. The molecule has 4 rings (SSSR count). The number of fused-ring (bicyclic) bond motifs is 1. The van der Waals surface area contributed by atoms with Gasteiger partial charge in [0, 0.05) is 42.7 Å². The van der Waals surface area contributed by atoms with Crippen molar-refractivity contribution in [3.63, 3.8) is 0 Å². The number of carbonyl (C=O) groups excluding carboxylic acids is 2. The molecule has 1 aliphatic rings. The average molecular weight is 365 g/mol. The molecule has 0 spiro atoms. The highest BCUT2D eigenvalue weighted by molar-refractivity contribution is 7.08. The number of rotatable bonds is 5. The zero-order valence-corrected chi connectivity index (χ0v) is 14.5. The molecule has 3 aromatic heterocycles. The number of nitrogens with one attached hydrogen (secondary N) is 2. The van der Waals surface area contributed by atoms with E-state index in [0.717, 1.165) is 5.56 Å². The first-order valence-corrected chi connectivity index (χ1v) is 9.07. The van der Waals surface area contributed by atoms with E-state index < -0.39 is 0 Å². The fourth-order valence-electron chi connectivity index (χ4n) is 2.72. The number of hydrogen-bond donors (Lipinski definition) is 2. The number of pyridine rings is 1. The van der Waals surface area contributed by atoms with Crippen molar-refractivity contribution in [1.82, 2.24) is 20.3 Å².